The molecule has 49 heavy (non-hydrogen) atoms. The molecule has 0 saturated carbocycles. The molecule has 2 aromatic rings. The zero-order valence-electron chi connectivity index (χ0n) is 22.8. The zero-order valence-corrected chi connectivity index (χ0v) is 25.0. The summed E-state index contributed by atoms with van der Waals surface area (Å²) in [5, 5.41) is 1.61. The number of imide groups is 1. The number of hydrogen-bond donors (Lipinski definition) is 1. The van der Waals surface area contributed by atoms with E-state index in [1.54, 1.807) is 0 Å². The molecule has 0 bridgehead atoms. The maximum absolute atomic E-state index is 14.1. The normalized spacial score (nSPS) is 15.4. The Morgan fingerprint density at radius 1 is 0.633 bits per heavy atom. The van der Waals surface area contributed by atoms with Crippen LogP contribution in [0.15, 0.2) is 42.5 Å². The fourth-order valence-electron chi connectivity index (χ4n) is 3.83. The molecule has 272 valence electrons. The number of carbonyl (C=O) groups excluding carboxylic acids is 3. The zero-order chi connectivity index (χ0) is 38.0. The number of nitrogens with one attached hydrogen (secondary N) is 1. The topological polar surface area (TPSA) is 75.7 Å². The van der Waals surface area contributed by atoms with Crippen molar-refractivity contribution in [2.24, 2.45) is 0 Å². The van der Waals surface area contributed by atoms with Gasteiger partial charge in [0, 0.05) is 22.1 Å². The lowest BCUT2D eigenvalue weighted by Gasteiger charge is -2.42. The van der Waals surface area contributed by atoms with Crippen molar-refractivity contribution in [3.8, 4) is 5.75 Å². The fourth-order valence-corrected chi connectivity index (χ4v) is 4.19. The van der Waals surface area contributed by atoms with Crippen LogP contribution < -0.4 is 10.2 Å². The van der Waals surface area contributed by atoms with E-state index < -0.39 is 89.4 Å². The van der Waals surface area contributed by atoms with E-state index in [9.17, 15) is 89.0 Å². The van der Waals surface area contributed by atoms with E-state index in [4.69, 9.17) is 4.84 Å². The van der Waals surface area contributed by atoms with Crippen LogP contribution in [-0.2, 0) is 0 Å². The molecule has 6 nitrogen and oxygen atoms in total. The van der Waals surface area contributed by atoms with Crippen molar-refractivity contribution >= 4 is 40.3 Å². The molecule has 3 amide bonds. The third kappa shape index (κ3) is 6.20. The van der Waals surface area contributed by atoms with Crippen molar-refractivity contribution in [2.45, 2.75) is 54.1 Å². The number of rotatable bonds is 12. The van der Waals surface area contributed by atoms with E-state index in [0.717, 1.165) is 15.7 Å². The average Bonchev–Trinajstić information content (AvgIpc) is 3.21. The number of fused-ring (bicyclic) bond motifs is 1. The molecule has 0 saturated heterocycles. The van der Waals surface area contributed by atoms with Crippen LogP contribution >= 0.6 is 22.6 Å². The molecule has 1 aliphatic heterocycles. The summed E-state index contributed by atoms with van der Waals surface area (Å²) in [5.41, 5.74) is -1.64. The van der Waals surface area contributed by atoms with Gasteiger partial charge in [-0.1, -0.05) is 5.06 Å². The number of amides is 3. The smallest absolute Gasteiger partial charge is 0.368 e. The second kappa shape index (κ2) is 12.3. The molecule has 1 N–H and O–H groups in total. The average molecular weight is 854 g/mol. The number of hydroxylamine groups is 2. The van der Waals surface area contributed by atoms with Gasteiger partial charge in [-0.3, -0.25) is 14.4 Å². The molecule has 2 aromatic carbocycles. The number of nitrogens with zero attached hydrogens (tertiary/aromatic N) is 1. The Labute approximate surface area is 273 Å². The number of alkyl halides is 17. The van der Waals surface area contributed by atoms with Gasteiger partial charge >= 0.3 is 47.6 Å². The van der Waals surface area contributed by atoms with Crippen LogP contribution in [0.1, 0.15) is 37.5 Å². The summed E-state index contributed by atoms with van der Waals surface area (Å²) in [4.78, 5) is 42.7. The monoisotopic (exact) mass is 854 g/mol. The predicted molar refractivity (Wildman–Crippen MR) is 134 cm³/mol. The molecule has 0 radical (unpaired) electrons. The fraction of sp³-hybridized carbons (Fsp3) is 0.400. The second-order valence-electron chi connectivity index (χ2n) is 9.86. The highest BCUT2D eigenvalue weighted by Crippen LogP contribution is 2.64. The van der Waals surface area contributed by atoms with Crippen molar-refractivity contribution in [2.75, 3.05) is 6.54 Å². The van der Waals surface area contributed by atoms with Gasteiger partial charge in [-0.2, -0.15) is 74.6 Å². The van der Waals surface area contributed by atoms with Gasteiger partial charge in [-0.05, 0) is 65.1 Å². The largest absolute Gasteiger partial charge is 0.460 e. The standard InChI is InChI=1S/C25H12F17IN2O4/c26-18(27,19(28,29)20(30,31)21(32,33)22(34,35)23(36,37)24(38,39)25(40,41)42)7-8-44-15(46)10-1-6-13-14(9-10)17(48)45(16(13)47)49-12-4-2-11(43)3-5-12/h1-6,9H,7-8H2,(H,44,46). The Hall–Kier alpha value is -3.61. The van der Waals surface area contributed by atoms with E-state index >= 15 is 0 Å². The quantitative estimate of drug-likeness (QED) is 0.134. The first-order valence-electron chi connectivity index (χ1n) is 12.4. The Kier molecular flexibility index (Phi) is 10.0. The third-order valence-corrected chi connectivity index (χ3v) is 7.35. The Morgan fingerprint density at radius 2 is 1.08 bits per heavy atom. The summed E-state index contributed by atoms with van der Waals surface area (Å²) in [6, 6.07) is 7.97. The molecule has 1 heterocycles. The molecular formula is C25H12F17IN2O4. The Balaban J connectivity index is 1.77. The Bertz CT molecular complexity index is 1630. The van der Waals surface area contributed by atoms with Gasteiger partial charge in [0.2, 0.25) is 0 Å². The van der Waals surface area contributed by atoms with Gasteiger partial charge < -0.3 is 10.2 Å². The van der Waals surface area contributed by atoms with Crippen molar-refractivity contribution < 1.29 is 93.9 Å². The van der Waals surface area contributed by atoms with E-state index in [-0.39, 0.29) is 16.4 Å². The van der Waals surface area contributed by atoms with Crippen molar-refractivity contribution in [1.29, 1.82) is 0 Å². The number of hydrogen-bond acceptors (Lipinski definition) is 4. The van der Waals surface area contributed by atoms with Crippen LogP contribution in [-0.4, -0.2) is 77.0 Å². The lowest BCUT2D eigenvalue weighted by atomic mass is 9.88. The van der Waals surface area contributed by atoms with Crippen LogP contribution in [0.5, 0.6) is 5.75 Å². The highest BCUT2D eigenvalue weighted by Gasteiger charge is 2.95. The highest BCUT2D eigenvalue weighted by atomic mass is 127. The van der Waals surface area contributed by atoms with Gasteiger partial charge in [0.15, 0.2) is 5.75 Å². The maximum atomic E-state index is 14.1. The molecule has 24 heteroatoms. The third-order valence-electron chi connectivity index (χ3n) is 6.63. The molecular weight excluding hydrogens is 842 g/mol. The summed E-state index contributed by atoms with van der Waals surface area (Å²) in [6.07, 6.45) is -10.7. The lowest BCUT2D eigenvalue weighted by Crippen LogP contribution is -2.74. The molecule has 0 aliphatic carbocycles. The van der Waals surface area contributed by atoms with E-state index in [1.165, 1.54) is 29.6 Å². The SMILES string of the molecule is O=C(NCCC(F)(F)C(F)(F)C(F)(F)C(F)(F)C(F)(F)C(F)(F)C(F)(F)C(F)(F)F)c1ccc2c(c1)C(=O)N(Oc1ccc(I)cc1)C2=O. The van der Waals surface area contributed by atoms with Crippen LogP contribution in [0.2, 0.25) is 0 Å². The first-order valence-corrected chi connectivity index (χ1v) is 13.4. The number of halogens is 18. The summed E-state index contributed by atoms with van der Waals surface area (Å²) in [6.45, 7) is -1.94. The van der Waals surface area contributed by atoms with Crippen LogP contribution in [0, 0.1) is 3.57 Å². The van der Waals surface area contributed by atoms with Crippen molar-refractivity contribution in [3.63, 3.8) is 0 Å². The molecule has 1 aliphatic rings. The van der Waals surface area contributed by atoms with Crippen LogP contribution in [0.4, 0.5) is 74.6 Å². The van der Waals surface area contributed by atoms with E-state index in [0.29, 0.717) is 6.07 Å². The Morgan fingerprint density at radius 3 is 1.57 bits per heavy atom. The first-order chi connectivity index (χ1) is 21.9. The van der Waals surface area contributed by atoms with Gasteiger partial charge in [-0.25, -0.2) is 0 Å². The molecule has 0 aromatic heterocycles. The lowest BCUT2D eigenvalue weighted by molar-refractivity contribution is -0.461. The molecule has 0 atom stereocenters. The molecule has 0 spiro atoms. The van der Waals surface area contributed by atoms with Gasteiger partial charge in [0.25, 0.3) is 17.7 Å². The minimum absolute atomic E-state index is 0.00867. The summed E-state index contributed by atoms with van der Waals surface area (Å²) in [5.74, 6) is -61.2. The molecule has 0 unspecified atom stereocenters. The van der Waals surface area contributed by atoms with Crippen molar-refractivity contribution in [3.05, 3.63) is 62.7 Å². The van der Waals surface area contributed by atoms with E-state index in [2.05, 4.69) is 0 Å². The molecule has 3 rings (SSSR count). The minimum atomic E-state index is -8.75. The van der Waals surface area contributed by atoms with Crippen LogP contribution in [0.3, 0.4) is 0 Å². The summed E-state index contributed by atoms with van der Waals surface area (Å²) >= 11 is 1.92. The highest BCUT2D eigenvalue weighted by molar-refractivity contribution is 14.1. The number of benzene rings is 2. The van der Waals surface area contributed by atoms with Gasteiger partial charge in [0.05, 0.1) is 11.1 Å². The van der Waals surface area contributed by atoms with Crippen LogP contribution in [0.25, 0.3) is 0 Å². The van der Waals surface area contributed by atoms with Gasteiger partial charge in [-0.15, -0.1) is 0 Å². The number of carbonyl (C=O) groups is 3. The summed E-state index contributed by atoms with van der Waals surface area (Å²) in [7, 11) is 0. The predicted octanol–water partition coefficient (Wildman–Crippen LogP) is 8.01. The van der Waals surface area contributed by atoms with Gasteiger partial charge in [0.1, 0.15) is 0 Å². The second-order valence-corrected chi connectivity index (χ2v) is 11.1. The summed E-state index contributed by atoms with van der Waals surface area (Å²) < 4.78 is 229. The minimum Gasteiger partial charge on any atom is -0.368 e. The maximum Gasteiger partial charge on any atom is 0.460 e. The molecule has 0 fully saturated rings. The van der Waals surface area contributed by atoms with E-state index in [1.807, 2.05) is 22.6 Å². The van der Waals surface area contributed by atoms with Crippen molar-refractivity contribution in [1.82, 2.24) is 10.4 Å². The first kappa shape index (κ1) is 39.8.